The Kier molecular flexibility index (Phi) is 5.44. The summed E-state index contributed by atoms with van der Waals surface area (Å²) in [6.07, 6.45) is 2.69. The van der Waals surface area contributed by atoms with Gasteiger partial charge in [0.05, 0.1) is 20.3 Å². The highest BCUT2D eigenvalue weighted by atomic mass is 16.5. The maximum atomic E-state index is 11.3. The molecule has 0 spiro atoms. The normalized spacial score (nSPS) is 16.4. The molecule has 0 saturated heterocycles. The molecule has 1 aliphatic carbocycles. The smallest absolute Gasteiger partial charge is 0.305 e. The average molecular weight is 293 g/mol. The number of ether oxygens (including phenoxy) is 3. The van der Waals surface area contributed by atoms with Crippen LogP contribution in [0.1, 0.15) is 30.9 Å². The molecule has 2 N–H and O–H groups in total. The van der Waals surface area contributed by atoms with Crippen molar-refractivity contribution in [3.05, 3.63) is 23.3 Å². The van der Waals surface area contributed by atoms with Gasteiger partial charge in [0.25, 0.3) is 0 Å². The van der Waals surface area contributed by atoms with Gasteiger partial charge in [-0.05, 0) is 43.4 Å². The van der Waals surface area contributed by atoms with Crippen LogP contribution in [0.4, 0.5) is 0 Å². The number of carbonyl (C=O) groups is 1. The lowest BCUT2D eigenvalue weighted by Gasteiger charge is -2.12. The van der Waals surface area contributed by atoms with Crippen LogP contribution in [0, 0.1) is 0 Å². The zero-order valence-electron chi connectivity index (χ0n) is 12.7. The quantitative estimate of drug-likeness (QED) is 0.613. The molecule has 116 valence electrons. The molecule has 0 fully saturated rings. The summed E-state index contributed by atoms with van der Waals surface area (Å²) in [6.45, 7) is 2.70. The molecule has 21 heavy (non-hydrogen) atoms. The number of hydrogen-bond donors (Lipinski definition) is 1. The summed E-state index contributed by atoms with van der Waals surface area (Å²) in [7, 11) is 1.64. The van der Waals surface area contributed by atoms with Crippen molar-refractivity contribution >= 4 is 5.97 Å². The molecule has 0 heterocycles. The zero-order chi connectivity index (χ0) is 15.2. The summed E-state index contributed by atoms with van der Waals surface area (Å²) in [5.74, 6) is 1.42. The van der Waals surface area contributed by atoms with Crippen molar-refractivity contribution in [2.75, 3.05) is 20.3 Å². The van der Waals surface area contributed by atoms with Gasteiger partial charge in [-0.15, -0.1) is 0 Å². The number of esters is 1. The first-order chi connectivity index (χ1) is 10.1. The zero-order valence-corrected chi connectivity index (χ0v) is 12.7. The van der Waals surface area contributed by atoms with Gasteiger partial charge in [0, 0.05) is 18.5 Å². The Hall–Kier alpha value is -1.75. The van der Waals surface area contributed by atoms with E-state index in [0.717, 1.165) is 24.3 Å². The Morgan fingerprint density at radius 1 is 1.38 bits per heavy atom. The molecule has 0 bridgehead atoms. The number of benzene rings is 1. The van der Waals surface area contributed by atoms with Crippen molar-refractivity contribution in [2.45, 2.75) is 38.6 Å². The number of rotatable bonds is 7. The van der Waals surface area contributed by atoms with E-state index in [-0.39, 0.29) is 12.0 Å². The largest absolute Gasteiger partial charge is 0.497 e. The van der Waals surface area contributed by atoms with Crippen LogP contribution in [0.2, 0.25) is 0 Å². The molecular weight excluding hydrogens is 270 g/mol. The van der Waals surface area contributed by atoms with Gasteiger partial charge in [-0.25, -0.2) is 0 Å². The summed E-state index contributed by atoms with van der Waals surface area (Å²) < 4.78 is 16.0. The van der Waals surface area contributed by atoms with E-state index < -0.39 is 0 Å². The molecule has 0 aliphatic heterocycles. The van der Waals surface area contributed by atoms with Gasteiger partial charge in [0.15, 0.2) is 0 Å². The maximum Gasteiger partial charge on any atom is 0.305 e. The van der Waals surface area contributed by atoms with Gasteiger partial charge in [-0.2, -0.15) is 0 Å². The lowest BCUT2D eigenvalue weighted by Crippen LogP contribution is -2.19. The first-order valence-electron chi connectivity index (χ1n) is 7.37. The van der Waals surface area contributed by atoms with Gasteiger partial charge in [-0.3, -0.25) is 4.79 Å². The molecule has 2 rings (SSSR count). The highest BCUT2D eigenvalue weighted by molar-refractivity contribution is 5.69. The second-order valence-corrected chi connectivity index (χ2v) is 5.19. The summed E-state index contributed by atoms with van der Waals surface area (Å²) in [5.41, 5.74) is 8.38. The fourth-order valence-electron chi connectivity index (χ4n) is 2.58. The minimum atomic E-state index is -0.181. The second-order valence-electron chi connectivity index (χ2n) is 5.19. The Labute approximate surface area is 125 Å². The van der Waals surface area contributed by atoms with Crippen molar-refractivity contribution in [3.8, 4) is 11.5 Å². The van der Waals surface area contributed by atoms with E-state index in [0.29, 0.717) is 26.1 Å². The Balaban J connectivity index is 1.94. The third-order valence-electron chi connectivity index (χ3n) is 3.55. The van der Waals surface area contributed by atoms with E-state index in [1.54, 1.807) is 14.0 Å². The number of nitrogens with two attached hydrogens (primary N) is 1. The summed E-state index contributed by atoms with van der Waals surface area (Å²) in [5, 5.41) is 0. The molecule has 1 unspecified atom stereocenters. The van der Waals surface area contributed by atoms with Gasteiger partial charge >= 0.3 is 5.97 Å². The summed E-state index contributed by atoms with van der Waals surface area (Å²) >= 11 is 0. The highest BCUT2D eigenvalue weighted by Crippen LogP contribution is 2.34. The van der Waals surface area contributed by atoms with Gasteiger partial charge in [0.2, 0.25) is 0 Å². The molecule has 5 nitrogen and oxygen atoms in total. The van der Waals surface area contributed by atoms with E-state index in [9.17, 15) is 4.79 Å². The number of methoxy groups -OCH3 is 1. The van der Waals surface area contributed by atoms with E-state index in [1.165, 1.54) is 11.1 Å². The Morgan fingerprint density at radius 3 is 2.90 bits per heavy atom. The lowest BCUT2D eigenvalue weighted by molar-refractivity contribution is -0.143. The van der Waals surface area contributed by atoms with Crippen LogP contribution in [0.5, 0.6) is 11.5 Å². The molecule has 1 aliphatic rings. The van der Waals surface area contributed by atoms with Crippen LogP contribution in [0.15, 0.2) is 12.1 Å². The molecule has 0 amide bonds. The van der Waals surface area contributed by atoms with E-state index in [1.807, 2.05) is 12.1 Å². The highest BCUT2D eigenvalue weighted by Gasteiger charge is 2.23. The predicted octanol–water partition coefficient (Wildman–Crippen LogP) is 1.84. The van der Waals surface area contributed by atoms with Crippen molar-refractivity contribution in [3.63, 3.8) is 0 Å². The standard InChI is InChI=1S/C16H23NO4/c1-3-20-16(18)5-4-6-21-15-10-13(19-2)8-11-7-12(17)9-14(11)15/h8,10,12H,3-7,9,17H2,1-2H3. The summed E-state index contributed by atoms with van der Waals surface area (Å²) in [6, 6.07) is 4.06. The third kappa shape index (κ3) is 4.11. The van der Waals surface area contributed by atoms with Crippen LogP contribution in [-0.4, -0.2) is 32.3 Å². The van der Waals surface area contributed by atoms with Gasteiger partial charge in [-0.1, -0.05) is 0 Å². The molecule has 5 heteroatoms. The summed E-state index contributed by atoms with van der Waals surface area (Å²) in [4.78, 5) is 11.3. The van der Waals surface area contributed by atoms with E-state index in [2.05, 4.69) is 0 Å². The third-order valence-corrected chi connectivity index (χ3v) is 3.55. The first-order valence-corrected chi connectivity index (χ1v) is 7.37. The SMILES string of the molecule is CCOC(=O)CCCOc1cc(OC)cc2c1CC(N)C2. The van der Waals surface area contributed by atoms with E-state index >= 15 is 0 Å². The Morgan fingerprint density at radius 2 is 2.19 bits per heavy atom. The van der Waals surface area contributed by atoms with Crippen LogP contribution in [0.3, 0.4) is 0 Å². The minimum absolute atomic E-state index is 0.147. The number of carbonyl (C=O) groups excluding carboxylic acids is 1. The minimum Gasteiger partial charge on any atom is -0.497 e. The monoisotopic (exact) mass is 293 g/mol. The van der Waals surface area contributed by atoms with Crippen molar-refractivity contribution < 1.29 is 19.0 Å². The fourth-order valence-corrected chi connectivity index (χ4v) is 2.58. The van der Waals surface area contributed by atoms with Gasteiger partial charge < -0.3 is 19.9 Å². The van der Waals surface area contributed by atoms with Crippen molar-refractivity contribution in [1.29, 1.82) is 0 Å². The first kappa shape index (κ1) is 15.6. The fraction of sp³-hybridized carbons (Fsp3) is 0.562. The molecular formula is C16H23NO4. The lowest BCUT2D eigenvalue weighted by atomic mass is 10.1. The molecule has 0 saturated carbocycles. The molecule has 0 aromatic heterocycles. The Bertz CT molecular complexity index is 501. The number of hydrogen-bond acceptors (Lipinski definition) is 5. The van der Waals surface area contributed by atoms with Crippen LogP contribution in [0.25, 0.3) is 0 Å². The molecule has 1 aromatic carbocycles. The predicted molar refractivity (Wildman–Crippen MR) is 79.7 cm³/mol. The molecule has 0 radical (unpaired) electrons. The average Bonchev–Trinajstić information content (AvgIpc) is 2.83. The molecule has 1 atom stereocenters. The topological polar surface area (TPSA) is 70.8 Å². The van der Waals surface area contributed by atoms with Crippen molar-refractivity contribution in [1.82, 2.24) is 0 Å². The maximum absolute atomic E-state index is 11.3. The number of fused-ring (bicyclic) bond motifs is 1. The van der Waals surface area contributed by atoms with Crippen LogP contribution < -0.4 is 15.2 Å². The second kappa shape index (κ2) is 7.31. The molecule has 1 aromatic rings. The van der Waals surface area contributed by atoms with Crippen molar-refractivity contribution in [2.24, 2.45) is 5.73 Å². The van der Waals surface area contributed by atoms with Gasteiger partial charge in [0.1, 0.15) is 11.5 Å². The van der Waals surface area contributed by atoms with E-state index in [4.69, 9.17) is 19.9 Å². The van der Waals surface area contributed by atoms with Crippen LogP contribution >= 0.6 is 0 Å². The van der Waals surface area contributed by atoms with Crippen LogP contribution in [-0.2, 0) is 22.4 Å².